The van der Waals surface area contributed by atoms with Crippen LogP contribution in [0.15, 0.2) is 67.0 Å². The van der Waals surface area contributed by atoms with Crippen LogP contribution >= 0.6 is 20.6 Å². The van der Waals surface area contributed by atoms with E-state index >= 15 is 0 Å². The molecule has 0 aliphatic heterocycles. The maximum atomic E-state index is 14.0. The first-order chi connectivity index (χ1) is 13.4. The highest BCUT2D eigenvalue weighted by atomic mass is 32.1. The summed E-state index contributed by atoms with van der Waals surface area (Å²) in [6.07, 6.45) is 1.50. The van der Waals surface area contributed by atoms with Gasteiger partial charge >= 0.3 is 0 Å². The molecule has 0 fully saturated rings. The van der Waals surface area contributed by atoms with Crippen molar-refractivity contribution < 1.29 is 8.78 Å². The van der Waals surface area contributed by atoms with E-state index in [9.17, 15) is 8.78 Å². The Morgan fingerprint density at radius 2 is 1.75 bits per heavy atom. The molecule has 2 atom stereocenters. The van der Waals surface area contributed by atoms with Gasteiger partial charge in [-0.1, -0.05) is 63.8 Å². The number of anilines is 1. The lowest BCUT2D eigenvalue weighted by Crippen LogP contribution is -2.14. The van der Waals surface area contributed by atoms with Crippen LogP contribution in [0.25, 0.3) is 20.7 Å². The predicted octanol–water partition coefficient (Wildman–Crippen LogP) is 6.46. The van der Waals surface area contributed by atoms with Crippen LogP contribution in [0.3, 0.4) is 0 Å². The number of nitrogens with one attached hydrogen (secondary N) is 1. The Kier molecular flexibility index (Phi) is 5.09. The van der Waals surface area contributed by atoms with Crippen molar-refractivity contribution in [1.82, 2.24) is 9.97 Å². The maximum Gasteiger partial charge on any atom is 0.284 e. The monoisotopic (exact) mass is 413 g/mol. The zero-order chi connectivity index (χ0) is 19.7. The summed E-state index contributed by atoms with van der Waals surface area (Å²) in [5.41, 5.74) is -0.525. The molecule has 0 amide bonds. The van der Waals surface area contributed by atoms with E-state index in [1.165, 1.54) is 12.4 Å². The summed E-state index contributed by atoms with van der Waals surface area (Å²) in [5.74, 6) is 0.645. The normalized spacial score (nSPS) is 12.9. The van der Waals surface area contributed by atoms with Crippen LogP contribution in [0.1, 0.15) is 24.1 Å². The van der Waals surface area contributed by atoms with Crippen molar-refractivity contribution in [2.45, 2.75) is 18.6 Å². The number of hydrogen-bond acceptors (Lipinski definition) is 4. The fourth-order valence-electron chi connectivity index (χ4n) is 3.16. The molecule has 0 radical (unpaired) electrons. The van der Waals surface area contributed by atoms with E-state index in [1.54, 1.807) is 38.8 Å². The van der Waals surface area contributed by atoms with Gasteiger partial charge in [-0.2, -0.15) is 8.78 Å². The number of halogens is 2. The largest absolute Gasteiger partial charge is 0.362 e. The molecule has 4 rings (SSSR count). The molecule has 4 aromatic rings. The van der Waals surface area contributed by atoms with Gasteiger partial charge in [0.2, 0.25) is 0 Å². The molecular weight excluding hydrogens is 395 g/mol. The summed E-state index contributed by atoms with van der Waals surface area (Å²) < 4.78 is 28.8. The molecular formula is C21H18F2N3PS. The van der Waals surface area contributed by atoms with Crippen molar-refractivity contribution in [2.75, 3.05) is 5.32 Å². The number of benzene rings is 2. The second-order valence-electron chi connectivity index (χ2n) is 6.49. The Labute approximate surface area is 168 Å². The summed E-state index contributed by atoms with van der Waals surface area (Å²) in [6, 6.07) is 18.3. The lowest BCUT2D eigenvalue weighted by Gasteiger charge is -2.21. The van der Waals surface area contributed by atoms with Gasteiger partial charge in [0, 0.05) is 10.4 Å². The van der Waals surface area contributed by atoms with Gasteiger partial charge in [0.15, 0.2) is 0 Å². The van der Waals surface area contributed by atoms with Gasteiger partial charge in [0.05, 0.1) is 16.3 Å². The summed E-state index contributed by atoms with van der Waals surface area (Å²) in [5, 5.41) is 3.30. The van der Waals surface area contributed by atoms with E-state index < -0.39 is 5.66 Å². The number of aromatic nitrogens is 2. The summed E-state index contributed by atoms with van der Waals surface area (Å²) in [6.45, 7) is 1.86. The molecule has 2 aromatic carbocycles. The van der Waals surface area contributed by atoms with E-state index in [0.717, 1.165) is 20.7 Å². The minimum atomic E-state index is -2.99. The fourth-order valence-corrected chi connectivity index (χ4v) is 4.49. The highest BCUT2D eigenvalue weighted by Crippen LogP contribution is 2.40. The number of alkyl halides is 2. The van der Waals surface area contributed by atoms with Crippen LogP contribution in [0.4, 0.5) is 14.6 Å². The lowest BCUT2D eigenvalue weighted by atomic mass is 10.0. The average Bonchev–Trinajstić information content (AvgIpc) is 3.13. The molecule has 0 bridgehead atoms. The first kappa shape index (κ1) is 18.9. The molecule has 0 saturated carbocycles. The van der Waals surface area contributed by atoms with Gasteiger partial charge in [-0.05, 0) is 24.1 Å². The predicted molar refractivity (Wildman–Crippen MR) is 115 cm³/mol. The van der Waals surface area contributed by atoms with Crippen molar-refractivity contribution in [2.24, 2.45) is 0 Å². The number of fused-ring (bicyclic) bond motifs is 1. The molecule has 142 valence electrons. The molecule has 7 heteroatoms. The van der Waals surface area contributed by atoms with Crippen molar-refractivity contribution in [3.8, 4) is 10.4 Å². The minimum Gasteiger partial charge on any atom is -0.362 e. The molecule has 1 N–H and O–H groups in total. The zero-order valence-electron chi connectivity index (χ0n) is 15.1. The van der Waals surface area contributed by atoms with Crippen LogP contribution in [-0.4, -0.2) is 9.97 Å². The van der Waals surface area contributed by atoms with Gasteiger partial charge in [0.25, 0.3) is 5.66 Å². The summed E-state index contributed by atoms with van der Waals surface area (Å²) >= 11 is 1.58. The second kappa shape index (κ2) is 7.53. The summed E-state index contributed by atoms with van der Waals surface area (Å²) in [7, 11) is 1.61. The minimum absolute atomic E-state index is 0.0125. The van der Waals surface area contributed by atoms with Gasteiger partial charge in [-0.15, -0.1) is 11.3 Å². The van der Waals surface area contributed by atoms with Crippen molar-refractivity contribution in [3.63, 3.8) is 0 Å². The van der Waals surface area contributed by atoms with E-state index in [1.807, 2.05) is 43.3 Å². The molecule has 0 aliphatic rings. The van der Waals surface area contributed by atoms with Crippen LogP contribution in [0.5, 0.6) is 0 Å². The van der Waals surface area contributed by atoms with Crippen LogP contribution in [0, 0.1) is 0 Å². The van der Waals surface area contributed by atoms with Crippen LogP contribution < -0.4 is 5.32 Å². The van der Waals surface area contributed by atoms with E-state index in [0.29, 0.717) is 11.4 Å². The third kappa shape index (κ3) is 3.75. The maximum absolute atomic E-state index is 14.0. The van der Waals surface area contributed by atoms with Gasteiger partial charge in [0.1, 0.15) is 12.1 Å². The SMILES string of the molecule is CC(Nc1ncnc2cc(-c3ccccc3)sc12)c1ccccc1C(F)(F)P. The molecule has 0 saturated heterocycles. The summed E-state index contributed by atoms with van der Waals surface area (Å²) in [4.78, 5) is 9.81. The number of nitrogens with zero attached hydrogens (tertiary/aromatic N) is 2. The quantitative estimate of drug-likeness (QED) is 0.382. The smallest absolute Gasteiger partial charge is 0.284 e. The second-order valence-corrected chi connectivity index (χ2v) is 8.27. The first-order valence-corrected chi connectivity index (χ1v) is 10.2. The molecule has 2 aromatic heterocycles. The van der Waals surface area contributed by atoms with Crippen LogP contribution in [-0.2, 0) is 5.66 Å². The number of rotatable bonds is 5. The Balaban J connectivity index is 1.70. The van der Waals surface area contributed by atoms with Gasteiger partial charge < -0.3 is 5.32 Å². The average molecular weight is 413 g/mol. The van der Waals surface area contributed by atoms with E-state index in [4.69, 9.17) is 0 Å². The van der Waals surface area contributed by atoms with E-state index in [-0.39, 0.29) is 11.6 Å². The molecule has 3 nitrogen and oxygen atoms in total. The molecule has 2 unspecified atom stereocenters. The Morgan fingerprint density at radius 3 is 2.50 bits per heavy atom. The van der Waals surface area contributed by atoms with Gasteiger partial charge in [-0.25, -0.2) is 9.97 Å². The van der Waals surface area contributed by atoms with Crippen molar-refractivity contribution in [1.29, 1.82) is 0 Å². The topological polar surface area (TPSA) is 37.8 Å². The third-order valence-corrected chi connectivity index (χ3v) is 6.00. The van der Waals surface area contributed by atoms with Crippen LogP contribution in [0.2, 0.25) is 0 Å². The molecule has 0 spiro atoms. The molecule has 28 heavy (non-hydrogen) atoms. The highest BCUT2D eigenvalue weighted by Gasteiger charge is 2.29. The standard InChI is InChI=1S/C21H18F2N3PS/c1-13(15-9-5-6-10-16(15)21(22,23)27)26-20-19-17(24-12-25-20)11-18(28-19)14-7-3-2-4-8-14/h2-13H,27H2,1H3,(H,24,25,26). The Hall–Kier alpha value is -2.43. The molecule has 0 aliphatic carbocycles. The van der Waals surface area contributed by atoms with E-state index in [2.05, 4.69) is 15.3 Å². The third-order valence-electron chi connectivity index (χ3n) is 4.51. The van der Waals surface area contributed by atoms with Crippen molar-refractivity contribution in [3.05, 3.63) is 78.1 Å². The van der Waals surface area contributed by atoms with Crippen molar-refractivity contribution >= 4 is 36.6 Å². The first-order valence-electron chi connectivity index (χ1n) is 8.76. The lowest BCUT2D eigenvalue weighted by molar-refractivity contribution is 0.102. The fraction of sp³-hybridized carbons (Fsp3) is 0.143. The highest BCUT2D eigenvalue weighted by molar-refractivity contribution is 7.22. The Bertz CT molecular complexity index is 1110. The number of thiophene rings is 1. The molecule has 2 heterocycles. The number of hydrogen-bond donors (Lipinski definition) is 1. The van der Waals surface area contributed by atoms with Gasteiger partial charge in [-0.3, -0.25) is 0 Å². The Morgan fingerprint density at radius 1 is 1.04 bits per heavy atom. The zero-order valence-corrected chi connectivity index (χ0v) is 17.0.